The van der Waals surface area contributed by atoms with Gasteiger partial charge in [0.25, 0.3) is 0 Å². The zero-order valence-corrected chi connectivity index (χ0v) is 10.7. The highest BCUT2D eigenvalue weighted by Crippen LogP contribution is 2.29. The third-order valence-electron chi connectivity index (χ3n) is 3.39. The zero-order valence-electron chi connectivity index (χ0n) is 10.7. The van der Waals surface area contributed by atoms with E-state index in [2.05, 4.69) is 0 Å². The van der Waals surface area contributed by atoms with Gasteiger partial charge >= 0.3 is 11.9 Å². The van der Waals surface area contributed by atoms with Gasteiger partial charge in [-0.25, -0.2) is 4.79 Å². The maximum atomic E-state index is 11.9. The summed E-state index contributed by atoms with van der Waals surface area (Å²) in [4.78, 5) is 23.1. The van der Waals surface area contributed by atoms with Crippen LogP contribution in [0.2, 0.25) is 0 Å². The molecule has 0 saturated heterocycles. The first-order valence-electron chi connectivity index (χ1n) is 6.33. The summed E-state index contributed by atoms with van der Waals surface area (Å²) < 4.78 is 5.02. The van der Waals surface area contributed by atoms with Crippen molar-refractivity contribution >= 4 is 11.9 Å². The van der Waals surface area contributed by atoms with Crippen LogP contribution in [0.25, 0.3) is 0 Å². The van der Waals surface area contributed by atoms with Crippen molar-refractivity contribution in [2.75, 3.05) is 0 Å². The van der Waals surface area contributed by atoms with Crippen molar-refractivity contribution in [2.45, 2.75) is 31.2 Å². The lowest BCUT2D eigenvalue weighted by Crippen LogP contribution is -2.23. The second-order valence-corrected chi connectivity index (χ2v) is 4.87. The second kappa shape index (κ2) is 6.02. The highest BCUT2D eigenvalue weighted by atomic mass is 16.6. The Labute approximate surface area is 115 Å². The van der Waals surface area contributed by atoms with E-state index in [-0.39, 0.29) is 12.8 Å². The van der Waals surface area contributed by atoms with Gasteiger partial charge in [-0.15, -0.1) is 0 Å². The van der Waals surface area contributed by atoms with Gasteiger partial charge in [-0.05, 0) is 12.8 Å². The molecule has 6 nitrogen and oxygen atoms in total. The third kappa shape index (κ3) is 3.15. The summed E-state index contributed by atoms with van der Waals surface area (Å²) in [6, 6.07) is 8.16. The SMILES string of the molecule is O=C(OC(C(=O)O)c1ccccc1)C1C[C@@H](O)[C@H](O)C1. The lowest BCUT2D eigenvalue weighted by molar-refractivity contribution is -0.167. The summed E-state index contributed by atoms with van der Waals surface area (Å²) in [5.41, 5.74) is 0.368. The number of hydrogen-bond donors (Lipinski definition) is 3. The average Bonchev–Trinajstić information content (AvgIpc) is 2.76. The summed E-state index contributed by atoms with van der Waals surface area (Å²) in [6.45, 7) is 0. The van der Waals surface area contributed by atoms with E-state index in [1.54, 1.807) is 30.3 Å². The lowest BCUT2D eigenvalue weighted by Gasteiger charge is -2.16. The van der Waals surface area contributed by atoms with Crippen LogP contribution in [0.1, 0.15) is 24.5 Å². The predicted octanol–water partition coefficient (Wildman–Crippen LogP) is 0.487. The fourth-order valence-electron chi connectivity index (χ4n) is 2.29. The number of hydrogen-bond acceptors (Lipinski definition) is 5. The molecule has 1 aliphatic carbocycles. The van der Waals surface area contributed by atoms with E-state index >= 15 is 0 Å². The van der Waals surface area contributed by atoms with Gasteiger partial charge in [0.05, 0.1) is 18.1 Å². The number of aliphatic carboxylic acids is 1. The van der Waals surface area contributed by atoms with Crippen molar-refractivity contribution in [3.63, 3.8) is 0 Å². The molecule has 2 rings (SSSR count). The summed E-state index contributed by atoms with van der Waals surface area (Å²) in [7, 11) is 0. The molecular weight excluding hydrogens is 264 g/mol. The first-order valence-corrected chi connectivity index (χ1v) is 6.33. The smallest absolute Gasteiger partial charge is 0.349 e. The van der Waals surface area contributed by atoms with Crippen molar-refractivity contribution in [2.24, 2.45) is 5.92 Å². The Bertz CT molecular complexity index is 476. The monoisotopic (exact) mass is 280 g/mol. The number of carbonyl (C=O) groups is 2. The quantitative estimate of drug-likeness (QED) is 0.693. The van der Waals surface area contributed by atoms with E-state index in [4.69, 9.17) is 9.84 Å². The number of benzene rings is 1. The molecule has 1 unspecified atom stereocenters. The van der Waals surface area contributed by atoms with Gasteiger partial charge in [-0.3, -0.25) is 4.79 Å². The fourth-order valence-corrected chi connectivity index (χ4v) is 2.29. The molecule has 1 aromatic carbocycles. The van der Waals surface area contributed by atoms with Crippen molar-refractivity contribution in [3.05, 3.63) is 35.9 Å². The van der Waals surface area contributed by atoms with Gasteiger partial charge in [0.1, 0.15) is 0 Å². The van der Waals surface area contributed by atoms with Gasteiger partial charge in [0.15, 0.2) is 0 Å². The minimum absolute atomic E-state index is 0.0845. The Morgan fingerprint density at radius 3 is 2.15 bits per heavy atom. The Kier molecular flexibility index (Phi) is 4.36. The topological polar surface area (TPSA) is 104 Å². The number of aliphatic hydroxyl groups excluding tert-OH is 2. The summed E-state index contributed by atoms with van der Waals surface area (Å²) in [5, 5.41) is 28.0. The van der Waals surface area contributed by atoms with Crippen molar-refractivity contribution in [1.82, 2.24) is 0 Å². The number of esters is 1. The van der Waals surface area contributed by atoms with Gasteiger partial charge in [-0.1, -0.05) is 30.3 Å². The number of aliphatic hydroxyl groups is 2. The molecule has 0 spiro atoms. The van der Waals surface area contributed by atoms with Crippen LogP contribution in [-0.2, 0) is 14.3 Å². The molecule has 0 radical (unpaired) electrons. The van der Waals surface area contributed by atoms with Crippen LogP contribution in [0, 0.1) is 5.92 Å². The molecule has 1 aromatic rings. The molecule has 20 heavy (non-hydrogen) atoms. The minimum Gasteiger partial charge on any atom is -0.478 e. The lowest BCUT2D eigenvalue weighted by atomic mass is 10.1. The fraction of sp³-hybridized carbons (Fsp3) is 0.429. The van der Waals surface area contributed by atoms with Gasteiger partial charge in [0, 0.05) is 5.56 Å². The molecule has 0 amide bonds. The van der Waals surface area contributed by atoms with Gasteiger partial charge < -0.3 is 20.1 Å². The second-order valence-electron chi connectivity index (χ2n) is 4.87. The molecule has 6 heteroatoms. The molecular formula is C14H16O6. The van der Waals surface area contributed by atoms with E-state index < -0.39 is 36.2 Å². The Hall–Kier alpha value is -1.92. The number of carboxylic acids is 1. The van der Waals surface area contributed by atoms with Crippen molar-refractivity contribution in [3.8, 4) is 0 Å². The van der Waals surface area contributed by atoms with E-state index in [9.17, 15) is 19.8 Å². The zero-order chi connectivity index (χ0) is 14.7. The molecule has 3 atom stereocenters. The molecule has 108 valence electrons. The molecule has 0 aliphatic heterocycles. The first kappa shape index (κ1) is 14.5. The van der Waals surface area contributed by atoms with E-state index in [0.717, 1.165) is 0 Å². The van der Waals surface area contributed by atoms with Crippen LogP contribution >= 0.6 is 0 Å². The Morgan fingerprint density at radius 2 is 1.65 bits per heavy atom. The van der Waals surface area contributed by atoms with Crippen LogP contribution in [0.15, 0.2) is 30.3 Å². The molecule has 1 aliphatic rings. The Balaban J connectivity index is 2.06. The molecule has 1 fully saturated rings. The Morgan fingerprint density at radius 1 is 1.10 bits per heavy atom. The molecule has 1 saturated carbocycles. The maximum absolute atomic E-state index is 11.9. The van der Waals surface area contributed by atoms with Crippen molar-refractivity contribution in [1.29, 1.82) is 0 Å². The molecule has 0 heterocycles. The average molecular weight is 280 g/mol. The van der Waals surface area contributed by atoms with Gasteiger partial charge in [0.2, 0.25) is 6.10 Å². The standard InChI is InChI=1S/C14H16O6/c15-10-6-9(7-11(10)16)14(19)20-12(13(17)18)8-4-2-1-3-5-8/h1-5,9-12,15-16H,6-7H2,(H,17,18)/t10-,11-,12?/m1/s1. The number of rotatable bonds is 4. The van der Waals surface area contributed by atoms with Crippen LogP contribution in [0.5, 0.6) is 0 Å². The van der Waals surface area contributed by atoms with Crippen LogP contribution in [0.4, 0.5) is 0 Å². The normalized spacial score (nSPS) is 24.3. The van der Waals surface area contributed by atoms with Crippen LogP contribution in [-0.4, -0.2) is 39.5 Å². The van der Waals surface area contributed by atoms with E-state index in [0.29, 0.717) is 5.56 Å². The van der Waals surface area contributed by atoms with Gasteiger partial charge in [-0.2, -0.15) is 0 Å². The number of carbonyl (C=O) groups excluding carboxylic acids is 1. The molecule has 0 aromatic heterocycles. The largest absolute Gasteiger partial charge is 0.478 e. The summed E-state index contributed by atoms with van der Waals surface area (Å²) in [6.07, 6.45) is -3.14. The molecule has 3 N–H and O–H groups in total. The van der Waals surface area contributed by atoms with E-state index in [1.807, 2.05) is 0 Å². The highest BCUT2D eigenvalue weighted by Gasteiger charge is 2.38. The van der Waals surface area contributed by atoms with Crippen LogP contribution < -0.4 is 0 Å². The molecule has 0 bridgehead atoms. The summed E-state index contributed by atoms with van der Waals surface area (Å²) >= 11 is 0. The van der Waals surface area contributed by atoms with Crippen molar-refractivity contribution < 1.29 is 29.6 Å². The highest BCUT2D eigenvalue weighted by molar-refractivity contribution is 5.80. The summed E-state index contributed by atoms with van der Waals surface area (Å²) in [5.74, 6) is -2.65. The minimum atomic E-state index is -1.38. The third-order valence-corrected chi connectivity index (χ3v) is 3.39. The number of carboxylic acid groups (broad SMARTS) is 1. The van der Waals surface area contributed by atoms with Crippen LogP contribution in [0.3, 0.4) is 0 Å². The first-order chi connectivity index (χ1) is 9.49. The number of ether oxygens (including phenoxy) is 1. The maximum Gasteiger partial charge on any atom is 0.349 e. The predicted molar refractivity (Wildman–Crippen MR) is 67.6 cm³/mol. The van der Waals surface area contributed by atoms with E-state index in [1.165, 1.54) is 0 Å².